The highest BCUT2D eigenvalue weighted by Gasteiger charge is 2.13. The Kier molecular flexibility index (Phi) is 4.84. The van der Waals surface area contributed by atoms with Crippen LogP contribution in [0.1, 0.15) is 12.8 Å². The summed E-state index contributed by atoms with van der Waals surface area (Å²) in [5.74, 6) is 1.05. The van der Waals surface area contributed by atoms with Crippen LogP contribution in [0.2, 0.25) is 5.02 Å². The lowest BCUT2D eigenvalue weighted by molar-refractivity contribution is -0.116. The molecule has 2 N–H and O–H groups in total. The summed E-state index contributed by atoms with van der Waals surface area (Å²) in [6.07, 6.45) is 1.02. The number of nitrogens with zero attached hydrogens (tertiary/aromatic N) is 1. The van der Waals surface area contributed by atoms with E-state index in [1.165, 1.54) is 0 Å². The van der Waals surface area contributed by atoms with E-state index in [1.54, 1.807) is 18.2 Å². The minimum Gasteiger partial charge on any atom is -0.338 e. The average Bonchev–Trinajstić information content (AvgIpc) is 2.98. The van der Waals surface area contributed by atoms with Crippen LogP contribution in [0.15, 0.2) is 42.5 Å². The molecule has 1 heterocycles. The zero-order chi connectivity index (χ0) is 16.2. The molecular formula is C17H15Cl2N3O. The maximum atomic E-state index is 12.0. The number of nitrogens with one attached hydrogen (secondary N) is 2. The molecule has 6 heteroatoms. The average molecular weight is 348 g/mol. The van der Waals surface area contributed by atoms with Gasteiger partial charge < -0.3 is 10.3 Å². The summed E-state index contributed by atoms with van der Waals surface area (Å²) in [7, 11) is 0. The fraction of sp³-hybridized carbons (Fsp3) is 0.176. The van der Waals surface area contributed by atoms with Crippen molar-refractivity contribution in [2.75, 3.05) is 11.2 Å². The number of H-pyrrole nitrogens is 1. The van der Waals surface area contributed by atoms with Crippen molar-refractivity contribution >= 4 is 45.8 Å². The fourth-order valence-corrected chi connectivity index (χ4v) is 2.65. The smallest absolute Gasteiger partial charge is 0.224 e. The molecule has 0 aliphatic rings. The number of carbonyl (C=O) groups is 1. The predicted molar refractivity (Wildman–Crippen MR) is 95.1 cm³/mol. The van der Waals surface area contributed by atoms with E-state index in [0.29, 0.717) is 35.3 Å². The topological polar surface area (TPSA) is 57.8 Å². The number of carbonyl (C=O) groups excluding carboxylic acids is 1. The zero-order valence-corrected chi connectivity index (χ0v) is 13.8. The number of amides is 1. The van der Waals surface area contributed by atoms with Crippen molar-refractivity contribution in [2.24, 2.45) is 0 Å². The summed E-state index contributed by atoms with van der Waals surface area (Å²) >= 11 is 11.7. The van der Waals surface area contributed by atoms with E-state index >= 15 is 0 Å². The first kappa shape index (κ1) is 15.8. The van der Waals surface area contributed by atoms with Crippen LogP contribution in [0.25, 0.3) is 22.4 Å². The Morgan fingerprint density at radius 2 is 2.04 bits per heavy atom. The lowest BCUT2D eigenvalue weighted by atomic mass is 10.1. The summed E-state index contributed by atoms with van der Waals surface area (Å²) in [4.78, 5) is 19.8. The number of aromatic nitrogens is 2. The van der Waals surface area contributed by atoms with Gasteiger partial charge in [0, 0.05) is 22.9 Å². The predicted octanol–water partition coefficient (Wildman–Crippen LogP) is 4.84. The molecule has 0 atom stereocenters. The number of rotatable bonds is 5. The molecule has 0 unspecified atom stereocenters. The number of fused-ring (bicyclic) bond motifs is 1. The molecule has 0 bridgehead atoms. The number of anilines is 1. The minimum absolute atomic E-state index is 0.0784. The molecule has 3 aromatic rings. The van der Waals surface area contributed by atoms with Crippen molar-refractivity contribution in [3.8, 4) is 11.4 Å². The van der Waals surface area contributed by atoms with Crippen molar-refractivity contribution < 1.29 is 4.79 Å². The van der Waals surface area contributed by atoms with Gasteiger partial charge in [-0.25, -0.2) is 4.98 Å². The van der Waals surface area contributed by atoms with Crippen molar-refractivity contribution in [3.05, 3.63) is 47.5 Å². The maximum absolute atomic E-state index is 12.0. The molecular weight excluding hydrogens is 333 g/mol. The van der Waals surface area contributed by atoms with Crippen LogP contribution in [-0.4, -0.2) is 21.8 Å². The SMILES string of the molecule is O=C(CCCCl)Nc1ccc(Cl)cc1-c1nc2ccccc2[nH]1. The van der Waals surface area contributed by atoms with E-state index in [1.807, 2.05) is 24.3 Å². The third-order valence-electron chi connectivity index (χ3n) is 3.44. The van der Waals surface area contributed by atoms with Crippen molar-refractivity contribution in [3.63, 3.8) is 0 Å². The van der Waals surface area contributed by atoms with Crippen LogP contribution in [0.3, 0.4) is 0 Å². The lowest BCUT2D eigenvalue weighted by Crippen LogP contribution is -2.12. The second-order valence-corrected chi connectivity index (χ2v) is 5.95. The molecule has 0 radical (unpaired) electrons. The summed E-state index contributed by atoms with van der Waals surface area (Å²) in [5, 5.41) is 3.48. The third kappa shape index (κ3) is 3.66. The monoisotopic (exact) mass is 347 g/mol. The second-order valence-electron chi connectivity index (χ2n) is 5.13. The van der Waals surface area contributed by atoms with Gasteiger partial charge in [-0.15, -0.1) is 11.6 Å². The van der Waals surface area contributed by atoms with Crippen molar-refractivity contribution in [1.29, 1.82) is 0 Å². The van der Waals surface area contributed by atoms with E-state index < -0.39 is 0 Å². The first-order valence-corrected chi connectivity index (χ1v) is 8.19. The van der Waals surface area contributed by atoms with Gasteiger partial charge in [-0.3, -0.25) is 4.79 Å². The van der Waals surface area contributed by atoms with Crippen LogP contribution >= 0.6 is 23.2 Å². The Hall–Kier alpha value is -2.04. The van der Waals surface area contributed by atoms with E-state index in [2.05, 4.69) is 15.3 Å². The van der Waals surface area contributed by atoms with Gasteiger partial charge >= 0.3 is 0 Å². The summed E-state index contributed by atoms with van der Waals surface area (Å²) in [6.45, 7) is 0. The van der Waals surface area contributed by atoms with Crippen LogP contribution in [0.5, 0.6) is 0 Å². The molecule has 0 saturated carbocycles. The number of halogens is 2. The van der Waals surface area contributed by atoms with E-state index in [0.717, 1.165) is 16.6 Å². The quantitative estimate of drug-likeness (QED) is 0.648. The first-order valence-electron chi connectivity index (χ1n) is 7.28. The molecule has 0 aliphatic heterocycles. The maximum Gasteiger partial charge on any atom is 0.224 e. The largest absolute Gasteiger partial charge is 0.338 e. The molecule has 2 aromatic carbocycles. The van der Waals surface area contributed by atoms with Gasteiger partial charge in [-0.2, -0.15) is 0 Å². The highest BCUT2D eigenvalue weighted by atomic mass is 35.5. The van der Waals surface area contributed by atoms with Crippen LogP contribution < -0.4 is 5.32 Å². The summed E-state index contributed by atoms with van der Waals surface area (Å²) in [5.41, 5.74) is 3.23. The molecule has 0 spiro atoms. The molecule has 0 saturated heterocycles. The summed E-state index contributed by atoms with van der Waals surface area (Å²) < 4.78 is 0. The van der Waals surface area contributed by atoms with E-state index in [9.17, 15) is 4.79 Å². The van der Waals surface area contributed by atoms with Gasteiger partial charge in [0.15, 0.2) is 0 Å². The van der Waals surface area contributed by atoms with Gasteiger partial charge in [-0.1, -0.05) is 23.7 Å². The third-order valence-corrected chi connectivity index (χ3v) is 3.94. The molecule has 1 aromatic heterocycles. The van der Waals surface area contributed by atoms with Crippen LogP contribution in [0.4, 0.5) is 5.69 Å². The number of hydrogen-bond acceptors (Lipinski definition) is 2. The Morgan fingerprint density at radius 3 is 2.83 bits per heavy atom. The van der Waals surface area contributed by atoms with Gasteiger partial charge in [0.05, 0.1) is 16.7 Å². The molecule has 1 amide bonds. The number of benzene rings is 2. The molecule has 23 heavy (non-hydrogen) atoms. The number of alkyl halides is 1. The van der Waals surface area contributed by atoms with Crippen LogP contribution in [0, 0.1) is 0 Å². The van der Waals surface area contributed by atoms with Gasteiger partial charge in [0.25, 0.3) is 0 Å². The number of imidazole rings is 1. The van der Waals surface area contributed by atoms with Gasteiger partial charge in [-0.05, 0) is 36.8 Å². The molecule has 0 fully saturated rings. The highest BCUT2D eigenvalue weighted by Crippen LogP contribution is 2.30. The Morgan fingerprint density at radius 1 is 1.22 bits per heavy atom. The van der Waals surface area contributed by atoms with E-state index in [-0.39, 0.29) is 5.91 Å². The number of hydrogen-bond donors (Lipinski definition) is 2. The lowest BCUT2D eigenvalue weighted by Gasteiger charge is -2.10. The molecule has 0 aliphatic carbocycles. The molecule has 118 valence electrons. The Labute approximate surface area is 143 Å². The van der Waals surface area contributed by atoms with E-state index in [4.69, 9.17) is 23.2 Å². The number of para-hydroxylation sites is 2. The van der Waals surface area contributed by atoms with Gasteiger partial charge in [0.1, 0.15) is 5.82 Å². The number of aromatic amines is 1. The van der Waals surface area contributed by atoms with Crippen LogP contribution in [-0.2, 0) is 4.79 Å². The standard InChI is InChI=1S/C17H15Cl2N3O/c18-9-3-6-16(23)20-13-8-7-11(19)10-12(13)17-21-14-4-1-2-5-15(14)22-17/h1-2,4-5,7-8,10H,3,6,9H2,(H,20,23)(H,21,22). The Bertz CT molecular complexity index is 812. The normalized spacial score (nSPS) is 10.9. The van der Waals surface area contributed by atoms with Gasteiger partial charge in [0.2, 0.25) is 5.91 Å². The first-order chi connectivity index (χ1) is 11.2. The summed E-state index contributed by atoms with van der Waals surface area (Å²) in [6, 6.07) is 13.1. The zero-order valence-electron chi connectivity index (χ0n) is 12.3. The second kappa shape index (κ2) is 7.02. The van der Waals surface area contributed by atoms with Crippen molar-refractivity contribution in [2.45, 2.75) is 12.8 Å². The Balaban J connectivity index is 1.97. The highest BCUT2D eigenvalue weighted by molar-refractivity contribution is 6.31. The fourth-order valence-electron chi connectivity index (χ4n) is 2.34. The molecule has 3 rings (SSSR count). The minimum atomic E-state index is -0.0784. The molecule has 4 nitrogen and oxygen atoms in total. The van der Waals surface area contributed by atoms with Crippen molar-refractivity contribution in [1.82, 2.24) is 9.97 Å².